The lowest BCUT2D eigenvalue weighted by Crippen LogP contribution is -2.14. The number of anilines is 1. The molecule has 57 heavy (non-hydrogen) atoms. The first-order valence-corrected chi connectivity index (χ1v) is 22.5. The molecule has 2 N–H and O–H groups in total. The molecule has 0 saturated carbocycles. The highest BCUT2D eigenvalue weighted by molar-refractivity contribution is 5.95. The minimum atomic E-state index is 0.121. The van der Waals surface area contributed by atoms with E-state index in [2.05, 4.69) is 163 Å². The summed E-state index contributed by atoms with van der Waals surface area (Å²) in [7, 11) is 0. The molecule has 0 aromatic heterocycles. The average molecular weight is 767 g/mol. The molecule has 0 saturated heterocycles. The van der Waals surface area contributed by atoms with Gasteiger partial charge in [-0.25, -0.2) is 0 Å². The summed E-state index contributed by atoms with van der Waals surface area (Å²) in [5.41, 5.74) is 26.4. The molecular formula is C55H78N2. The number of hydrogen-bond donors (Lipinski definition) is 1. The van der Waals surface area contributed by atoms with Crippen LogP contribution in [0, 0.1) is 5.41 Å². The lowest BCUT2D eigenvalue weighted by molar-refractivity contribution is 0.504. The second-order valence-corrected chi connectivity index (χ2v) is 19.1. The van der Waals surface area contributed by atoms with E-state index in [-0.39, 0.29) is 10.8 Å². The minimum absolute atomic E-state index is 0.121. The molecule has 1 aliphatic rings. The third-order valence-electron chi connectivity index (χ3n) is 12.3. The van der Waals surface area contributed by atoms with Crippen molar-refractivity contribution in [3.63, 3.8) is 0 Å². The number of nitrogen functional groups attached to an aromatic ring is 1. The molecule has 0 heterocycles. The van der Waals surface area contributed by atoms with Gasteiger partial charge in [-0.15, -0.1) is 0 Å². The van der Waals surface area contributed by atoms with E-state index in [1.54, 1.807) is 0 Å². The lowest BCUT2D eigenvalue weighted by atomic mass is 9.76. The van der Waals surface area contributed by atoms with Crippen LogP contribution in [0.25, 0.3) is 27.8 Å². The minimum Gasteiger partial charge on any atom is -0.396 e. The largest absolute Gasteiger partial charge is 0.396 e. The van der Waals surface area contributed by atoms with Gasteiger partial charge in [0.25, 0.3) is 0 Å². The highest BCUT2D eigenvalue weighted by Gasteiger charge is 2.25. The van der Waals surface area contributed by atoms with Crippen LogP contribution >= 0.6 is 0 Å². The lowest BCUT2D eigenvalue weighted by Gasteiger charge is -2.28. The molecule has 0 fully saturated rings. The third-order valence-corrected chi connectivity index (χ3v) is 12.3. The molecule has 3 aromatic carbocycles. The first-order chi connectivity index (χ1) is 27.0. The zero-order valence-electron chi connectivity index (χ0n) is 38.5. The van der Waals surface area contributed by atoms with Crippen LogP contribution in [-0.2, 0) is 11.8 Å². The van der Waals surface area contributed by atoms with Crippen LogP contribution in [0.3, 0.4) is 0 Å². The number of rotatable bonds is 17. The number of aliphatic imine (C=N–C) groups is 1. The molecule has 1 unspecified atom stereocenters. The highest BCUT2D eigenvalue weighted by atomic mass is 14.8. The van der Waals surface area contributed by atoms with E-state index < -0.39 is 0 Å². The molecule has 1 aliphatic carbocycles. The Balaban J connectivity index is 1.79. The Morgan fingerprint density at radius 2 is 1.32 bits per heavy atom. The summed E-state index contributed by atoms with van der Waals surface area (Å²) >= 11 is 0. The van der Waals surface area contributed by atoms with Crippen LogP contribution in [0.15, 0.2) is 83.4 Å². The fraction of sp³-hybridized carbons (Fsp3) is 0.509. The zero-order valence-corrected chi connectivity index (χ0v) is 38.5. The normalized spacial score (nSPS) is 15.9. The summed E-state index contributed by atoms with van der Waals surface area (Å²) in [5, 5.41) is 0. The Bertz CT molecular complexity index is 1980. The van der Waals surface area contributed by atoms with Crippen LogP contribution in [0.4, 0.5) is 11.4 Å². The number of benzene rings is 3. The van der Waals surface area contributed by atoms with Crippen molar-refractivity contribution in [3.05, 3.63) is 112 Å². The van der Waals surface area contributed by atoms with Crippen molar-refractivity contribution in [1.82, 2.24) is 0 Å². The maximum atomic E-state index is 7.33. The summed E-state index contributed by atoms with van der Waals surface area (Å²) in [6, 6.07) is 18.8. The molecule has 308 valence electrons. The first-order valence-electron chi connectivity index (χ1n) is 22.5. The van der Waals surface area contributed by atoms with Crippen molar-refractivity contribution < 1.29 is 0 Å². The van der Waals surface area contributed by atoms with E-state index >= 15 is 0 Å². The number of allylic oxidation sites excluding steroid dienone is 8. The van der Waals surface area contributed by atoms with E-state index in [0.717, 1.165) is 54.6 Å². The molecule has 0 radical (unpaired) electrons. The van der Waals surface area contributed by atoms with E-state index in [9.17, 15) is 0 Å². The number of unbranched alkanes of at least 4 members (excludes halogenated alkanes) is 5. The van der Waals surface area contributed by atoms with Crippen molar-refractivity contribution in [3.8, 4) is 11.1 Å². The molecule has 0 aliphatic heterocycles. The fourth-order valence-electron chi connectivity index (χ4n) is 7.94. The Morgan fingerprint density at radius 3 is 1.96 bits per heavy atom. The average Bonchev–Trinajstić information content (AvgIpc) is 3.16. The maximum Gasteiger partial charge on any atom is 0.0939 e. The van der Waals surface area contributed by atoms with Crippen molar-refractivity contribution in [2.45, 2.75) is 178 Å². The van der Waals surface area contributed by atoms with E-state index in [1.807, 2.05) is 0 Å². The van der Waals surface area contributed by atoms with Crippen molar-refractivity contribution in [2.24, 2.45) is 10.4 Å². The Morgan fingerprint density at radius 1 is 0.684 bits per heavy atom. The number of nitrogens with two attached hydrogens (primary N) is 1. The van der Waals surface area contributed by atoms with Crippen LogP contribution in [-0.4, -0.2) is 5.71 Å². The number of fused-ring (bicyclic) bond motifs is 3. The van der Waals surface area contributed by atoms with Crippen LogP contribution < -0.4 is 5.73 Å². The molecule has 2 nitrogen and oxygen atoms in total. The Kier molecular flexibility index (Phi) is 16.6. The zero-order chi connectivity index (χ0) is 41.9. The van der Waals surface area contributed by atoms with Gasteiger partial charge in [-0.3, -0.25) is 4.99 Å². The Labute approximate surface area is 350 Å². The molecule has 3 aromatic rings. The molecule has 0 amide bonds. The van der Waals surface area contributed by atoms with Crippen LogP contribution in [0.1, 0.15) is 200 Å². The number of nitrogens with zero attached hydrogens (tertiary/aromatic N) is 1. The second kappa shape index (κ2) is 20.7. The number of hydrogen-bond acceptors (Lipinski definition) is 2. The first kappa shape index (κ1) is 45.8. The fourth-order valence-corrected chi connectivity index (χ4v) is 7.94. The SMILES string of the molecule is CCCCCCC(CCCCC)=Nc1c(/C(C)=C/C=C(\C)C(C)(C)C)ccc(/C(=C/C=C(\C)c2ccc3c(c2)C(C)Cc2cc(C(C)(C)C)ccc2-3)CCC)c1N. The van der Waals surface area contributed by atoms with Gasteiger partial charge >= 0.3 is 0 Å². The molecule has 1 atom stereocenters. The summed E-state index contributed by atoms with van der Waals surface area (Å²) in [5.74, 6) is 0.475. The van der Waals surface area contributed by atoms with Crippen molar-refractivity contribution in [2.75, 3.05) is 5.73 Å². The van der Waals surface area contributed by atoms with E-state index in [1.165, 1.54) is 106 Å². The smallest absolute Gasteiger partial charge is 0.0939 e. The van der Waals surface area contributed by atoms with Gasteiger partial charge in [0, 0.05) is 16.8 Å². The van der Waals surface area contributed by atoms with Gasteiger partial charge in [-0.1, -0.05) is 186 Å². The second-order valence-electron chi connectivity index (χ2n) is 19.1. The van der Waals surface area contributed by atoms with Gasteiger partial charge in [-0.05, 0) is 126 Å². The van der Waals surface area contributed by atoms with Crippen LogP contribution in [0.5, 0.6) is 0 Å². The summed E-state index contributed by atoms with van der Waals surface area (Å²) in [4.78, 5) is 5.54. The maximum absolute atomic E-state index is 7.33. The molecular weight excluding hydrogens is 689 g/mol. The van der Waals surface area contributed by atoms with Gasteiger partial charge in [0.05, 0.1) is 11.4 Å². The highest BCUT2D eigenvalue weighted by Crippen LogP contribution is 2.43. The van der Waals surface area contributed by atoms with Crippen LogP contribution in [0.2, 0.25) is 0 Å². The molecule has 2 heteroatoms. The predicted octanol–water partition coefficient (Wildman–Crippen LogP) is 17.2. The predicted molar refractivity (Wildman–Crippen MR) is 257 cm³/mol. The quantitative estimate of drug-likeness (QED) is 0.0632. The van der Waals surface area contributed by atoms with Gasteiger partial charge in [-0.2, -0.15) is 0 Å². The monoisotopic (exact) mass is 767 g/mol. The van der Waals surface area contributed by atoms with E-state index in [4.69, 9.17) is 10.7 Å². The molecule has 4 rings (SSSR count). The summed E-state index contributed by atoms with van der Waals surface area (Å²) < 4.78 is 0. The van der Waals surface area contributed by atoms with Gasteiger partial charge in [0.15, 0.2) is 0 Å². The standard InChI is InChI=1S/C55H78N2/c1-14-17-19-21-24-46(23-20-18-15-2)57-53-47(39(5)25-27-41(7)54(8,9)10)33-34-49(52(53)56)42(22-16-3)28-26-38(4)43-29-31-50-48-32-30-45(55(11,12)13)36-44(48)35-40(6)51(50)37-43/h25-34,36-37,40H,14-24,35,56H2,1-13H3/b38-26+,39-25+,41-27+,42-28+,57-46?. The van der Waals surface area contributed by atoms with Gasteiger partial charge in [0.1, 0.15) is 0 Å². The third kappa shape index (κ3) is 12.3. The summed E-state index contributed by atoms with van der Waals surface area (Å²) in [6.07, 6.45) is 22.9. The van der Waals surface area contributed by atoms with Crippen molar-refractivity contribution >= 4 is 33.8 Å². The molecule has 0 bridgehead atoms. The topological polar surface area (TPSA) is 38.4 Å². The van der Waals surface area contributed by atoms with Crippen molar-refractivity contribution in [1.29, 1.82) is 0 Å². The van der Waals surface area contributed by atoms with Gasteiger partial charge in [0.2, 0.25) is 0 Å². The van der Waals surface area contributed by atoms with E-state index in [0.29, 0.717) is 5.92 Å². The molecule has 0 spiro atoms. The Hall–Kier alpha value is -3.91. The summed E-state index contributed by atoms with van der Waals surface area (Å²) in [6.45, 7) is 29.7. The van der Waals surface area contributed by atoms with Gasteiger partial charge < -0.3 is 5.73 Å².